The van der Waals surface area contributed by atoms with Crippen LogP contribution in [0.1, 0.15) is 30.3 Å². The first-order valence-electron chi connectivity index (χ1n) is 7.06. The van der Waals surface area contributed by atoms with Crippen LogP contribution in [-0.4, -0.2) is 4.98 Å². The summed E-state index contributed by atoms with van der Waals surface area (Å²) >= 11 is 1.67. The molecule has 3 N–H and O–H groups in total. The van der Waals surface area contributed by atoms with Crippen molar-refractivity contribution in [2.24, 2.45) is 0 Å². The second kappa shape index (κ2) is 5.37. The number of nitrogens with one attached hydrogen (secondary N) is 1. The molecule has 3 aromatic rings. The molecule has 0 bridgehead atoms. The van der Waals surface area contributed by atoms with Crippen molar-refractivity contribution in [1.29, 1.82) is 0 Å². The quantitative estimate of drug-likeness (QED) is 0.665. The topological polar surface area (TPSA) is 50.9 Å². The van der Waals surface area contributed by atoms with Crippen LogP contribution >= 0.6 is 11.3 Å². The third-order valence-corrected chi connectivity index (χ3v) is 4.46. The Morgan fingerprint density at radius 3 is 2.52 bits per heavy atom. The molecular weight excluding hydrogens is 278 g/mol. The molecule has 2 aromatic carbocycles. The van der Waals surface area contributed by atoms with Gasteiger partial charge in [0.25, 0.3) is 0 Å². The van der Waals surface area contributed by atoms with E-state index in [1.165, 1.54) is 5.56 Å². The maximum atomic E-state index is 6.14. The number of rotatable bonds is 3. The number of nitrogen functional groups attached to an aromatic ring is 1. The lowest BCUT2D eigenvalue weighted by Crippen LogP contribution is -1.96. The Hall–Kier alpha value is -2.07. The SMILES string of the molecule is Cc1nc2cc(Nc3ccc(C(C)C)cc3)c(N)cc2s1. The maximum Gasteiger partial charge on any atom is 0.0907 e. The number of thiazole rings is 1. The van der Waals surface area contributed by atoms with Gasteiger partial charge in [-0.2, -0.15) is 0 Å². The van der Waals surface area contributed by atoms with Crippen LogP contribution in [0.4, 0.5) is 17.1 Å². The van der Waals surface area contributed by atoms with E-state index in [-0.39, 0.29) is 0 Å². The van der Waals surface area contributed by atoms with Crippen molar-refractivity contribution in [2.75, 3.05) is 11.1 Å². The van der Waals surface area contributed by atoms with Gasteiger partial charge in [0, 0.05) is 5.69 Å². The number of hydrogen-bond acceptors (Lipinski definition) is 4. The lowest BCUT2D eigenvalue weighted by atomic mass is 10.0. The lowest BCUT2D eigenvalue weighted by Gasteiger charge is -2.11. The molecule has 0 saturated heterocycles. The van der Waals surface area contributed by atoms with E-state index in [4.69, 9.17) is 5.73 Å². The molecule has 3 nitrogen and oxygen atoms in total. The fourth-order valence-electron chi connectivity index (χ4n) is 2.32. The molecule has 0 aliphatic rings. The first kappa shape index (κ1) is 13.9. The van der Waals surface area contributed by atoms with Crippen LogP contribution in [0.25, 0.3) is 10.2 Å². The Labute approximate surface area is 128 Å². The molecule has 0 fully saturated rings. The molecule has 0 aliphatic carbocycles. The summed E-state index contributed by atoms with van der Waals surface area (Å²) in [5.74, 6) is 0.540. The lowest BCUT2D eigenvalue weighted by molar-refractivity contribution is 0.867. The molecule has 0 amide bonds. The molecule has 0 radical (unpaired) electrons. The number of nitrogens with zero attached hydrogens (tertiary/aromatic N) is 1. The highest BCUT2D eigenvalue weighted by molar-refractivity contribution is 7.18. The Kier molecular flexibility index (Phi) is 3.55. The Balaban J connectivity index is 1.91. The fourth-order valence-corrected chi connectivity index (χ4v) is 3.18. The molecule has 0 spiro atoms. The maximum absolute atomic E-state index is 6.14. The summed E-state index contributed by atoms with van der Waals surface area (Å²) in [6.07, 6.45) is 0. The van der Waals surface area contributed by atoms with Crippen LogP contribution in [0.15, 0.2) is 36.4 Å². The molecule has 1 heterocycles. The van der Waals surface area contributed by atoms with Crippen LogP contribution < -0.4 is 11.1 Å². The number of aromatic nitrogens is 1. The molecule has 21 heavy (non-hydrogen) atoms. The van der Waals surface area contributed by atoms with Gasteiger partial charge in [0.2, 0.25) is 0 Å². The van der Waals surface area contributed by atoms with Gasteiger partial charge < -0.3 is 11.1 Å². The number of fused-ring (bicyclic) bond motifs is 1. The average Bonchev–Trinajstić information content (AvgIpc) is 2.79. The molecule has 4 heteroatoms. The van der Waals surface area contributed by atoms with Gasteiger partial charge in [-0.1, -0.05) is 26.0 Å². The predicted octanol–water partition coefficient (Wildman–Crippen LogP) is 5.05. The molecule has 0 aliphatic heterocycles. The van der Waals surface area contributed by atoms with Crippen molar-refractivity contribution in [2.45, 2.75) is 26.7 Å². The second-order valence-electron chi connectivity index (χ2n) is 5.54. The molecule has 1 aromatic heterocycles. The summed E-state index contributed by atoms with van der Waals surface area (Å²) in [5, 5.41) is 4.44. The number of anilines is 3. The van der Waals surface area contributed by atoms with Gasteiger partial charge in [-0.3, -0.25) is 0 Å². The van der Waals surface area contributed by atoms with E-state index in [1.54, 1.807) is 11.3 Å². The number of nitrogens with two attached hydrogens (primary N) is 1. The van der Waals surface area contributed by atoms with Crippen molar-refractivity contribution in [3.05, 3.63) is 47.0 Å². The van der Waals surface area contributed by atoms with Crippen LogP contribution in [0, 0.1) is 6.92 Å². The first-order valence-corrected chi connectivity index (χ1v) is 7.88. The zero-order valence-corrected chi connectivity index (χ0v) is 13.3. The molecule has 3 rings (SSSR count). The van der Waals surface area contributed by atoms with Gasteiger partial charge >= 0.3 is 0 Å². The van der Waals surface area contributed by atoms with Gasteiger partial charge in [-0.05, 0) is 42.7 Å². The molecule has 0 saturated carbocycles. The average molecular weight is 297 g/mol. The second-order valence-corrected chi connectivity index (χ2v) is 6.78. The van der Waals surface area contributed by atoms with E-state index in [0.29, 0.717) is 5.92 Å². The van der Waals surface area contributed by atoms with Crippen molar-refractivity contribution < 1.29 is 0 Å². The summed E-state index contributed by atoms with van der Waals surface area (Å²) in [7, 11) is 0. The standard InChI is InChI=1S/C17H19N3S/c1-10(2)12-4-6-13(7-5-12)20-15-9-16-17(8-14(15)18)21-11(3)19-16/h4-10,20H,18H2,1-3H3. The zero-order valence-electron chi connectivity index (χ0n) is 12.5. The first-order chi connectivity index (χ1) is 10.0. The monoisotopic (exact) mass is 297 g/mol. The van der Waals surface area contributed by atoms with E-state index in [0.717, 1.165) is 32.3 Å². The third kappa shape index (κ3) is 2.85. The minimum atomic E-state index is 0.540. The van der Waals surface area contributed by atoms with Crippen LogP contribution in [0.3, 0.4) is 0 Å². The molecule has 0 unspecified atom stereocenters. The van der Waals surface area contributed by atoms with E-state index in [2.05, 4.69) is 48.4 Å². The van der Waals surface area contributed by atoms with Gasteiger partial charge in [0.15, 0.2) is 0 Å². The minimum absolute atomic E-state index is 0.540. The number of hydrogen-bond donors (Lipinski definition) is 2. The van der Waals surface area contributed by atoms with E-state index >= 15 is 0 Å². The van der Waals surface area contributed by atoms with Gasteiger partial charge in [-0.25, -0.2) is 4.98 Å². The summed E-state index contributed by atoms with van der Waals surface area (Å²) in [4.78, 5) is 4.52. The fraction of sp³-hybridized carbons (Fsp3) is 0.235. The Morgan fingerprint density at radius 1 is 1.14 bits per heavy atom. The van der Waals surface area contributed by atoms with Gasteiger partial charge in [-0.15, -0.1) is 11.3 Å². The largest absolute Gasteiger partial charge is 0.397 e. The Bertz CT molecular complexity index is 773. The van der Waals surface area contributed by atoms with Crippen LogP contribution in [0.2, 0.25) is 0 Å². The number of aryl methyl sites for hydroxylation is 1. The highest BCUT2D eigenvalue weighted by atomic mass is 32.1. The normalized spacial score (nSPS) is 11.2. The highest BCUT2D eigenvalue weighted by Gasteiger charge is 2.07. The van der Waals surface area contributed by atoms with Crippen molar-refractivity contribution in [1.82, 2.24) is 4.98 Å². The van der Waals surface area contributed by atoms with E-state index in [9.17, 15) is 0 Å². The molecule has 108 valence electrons. The van der Waals surface area contributed by atoms with Gasteiger partial charge in [0.05, 0.1) is 26.6 Å². The third-order valence-electron chi connectivity index (χ3n) is 3.52. The zero-order chi connectivity index (χ0) is 15.0. The number of benzene rings is 2. The van der Waals surface area contributed by atoms with E-state index in [1.807, 2.05) is 19.1 Å². The molecular formula is C17H19N3S. The predicted molar refractivity (Wildman–Crippen MR) is 92.6 cm³/mol. The van der Waals surface area contributed by atoms with Gasteiger partial charge in [0.1, 0.15) is 0 Å². The van der Waals surface area contributed by atoms with Crippen LogP contribution in [0.5, 0.6) is 0 Å². The van der Waals surface area contributed by atoms with Crippen LogP contribution in [-0.2, 0) is 0 Å². The summed E-state index contributed by atoms with van der Waals surface area (Å²) in [6.45, 7) is 6.40. The minimum Gasteiger partial charge on any atom is -0.397 e. The highest BCUT2D eigenvalue weighted by Crippen LogP contribution is 2.31. The van der Waals surface area contributed by atoms with Crippen molar-refractivity contribution >= 4 is 38.6 Å². The summed E-state index contributed by atoms with van der Waals surface area (Å²) in [5.41, 5.74) is 11.2. The smallest absolute Gasteiger partial charge is 0.0907 e. The summed E-state index contributed by atoms with van der Waals surface area (Å²) < 4.78 is 1.13. The van der Waals surface area contributed by atoms with Crippen molar-refractivity contribution in [3.8, 4) is 0 Å². The Morgan fingerprint density at radius 2 is 1.86 bits per heavy atom. The molecule has 0 atom stereocenters. The summed E-state index contributed by atoms with van der Waals surface area (Å²) in [6, 6.07) is 12.5. The van der Waals surface area contributed by atoms with Crippen molar-refractivity contribution in [3.63, 3.8) is 0 Å². The van der Waals surface area contributed by atoms with E-state index < -0.39 is 0 Å².